The molecule has 1 atom stereocenters. The van der Waals surface area contributed by atoms with Crippen LogP contribution in [0.3, 0.4) is 0 Å². The molecule has 0 unspecified atom stereocenters. The summed E-state index contributed by atoms with van der Waals surface area (Å²) in [5.41, 5.74) is 1.18. The molecule has 1 aliphatic rings. The number of nitrogens with one attached hydrogen (secondary N) is 2. The molecular formula is C24H22N2O6S. The molecule has 8 nitrogen and oxygen atoms in total. The van der Waals surface area contributed by atoms with Gasteiger partial charge in [0.1, 0.15) is 11.6 Å². The fourth-order valence-corrected chi connectivity index (χ4v) is 4.41. The third-order valence-corrected chi connectivity index (χ3v) is 6.11. The summed E-state index contributed by atoms with van der Waals surface area (Å²) >= 11 is 1.00. The number of benzene rings is 2. The van der Waals surface area contributed by atoms with Gasteiger partial charge in [-0.2, -0.15) is 0 Å². The molecule has 0 bridgehead atoms. The van der Waals surface area contributed by atoms with Crippen molar-refractivity contribution in [3.05, 3.63) is 70.6 Å². The Morgan fingerprint density at radius 3 is 2.45 bits per heavy atom. The Balaban J connectivity index is 1.58. The van der Waals surface area contributed by atoms with E-state index in [1.54, 1.807) is 56.3 Å². The van der Waals surface area contributed by atoms with Gasteiger partial charge in [0.2, 0.25) is 6.10 Å². The first-order chi connectivity index (χ1) is 16.0. The predicted molar refractivity (Wildman–Crippen MR) is 124 cm³/mol. The van der Waals surface area contributed by atoms with E-state index in [2.05, 4.69) is 10.6 Å². The average Bonchev–Trinajstić information content (AvgIpc) is 3.15. The zero-order valence-corrected chi connectivity index (χ0v) is 18.9. The van der Waals surface area contributed by atoms with Gasteiger partial charge in [0, 0.05) is 5.69 Å². The SMILES string of the molecule is CCOC(=O)c1c(NC(=O)[C@H]2COc3ccccc3O2)sc(C(=O)Nc2ccccc2)c1C. The van der Waals surface area contributed by atoms with Gasteiger partial charge in [-0.3, -0.25) is 9.59 Å². The monoisotopic (exact) mass is 466 g/mol. The summed E-state index contributed by atoms with van der Waals surface area (Å²) in [6.07, 6.45) is -0.918. The molecule has 2 heterocycles. The molecule has 0 aliphatic carbocycles. The van der Waals surface area contributed by atoms with Gasteiger partial charge in [-0.25, -0.2) is 4.79 Å². The molecule has 2 amide bonds. The number of hydrogen-bond donors (Lipinski definition) is 2. The summed E-state index contributed by atoms with van der Waals surface area (Å²) < 4.78 is 16.5. The van der Waals surface area contributed by atoms with Crippen LogP contribution >= 0.6 is 11.3 Å². The zero-order chi connectivity index (χ0) is 23.4. The number of carbonyl (C=O) groups excluding carboxylic acids is 3. The van der Waals surface area contributed by atoms with Gasteiger partial charge in [-0.1, -0.05) is 30.3 Å². The van der Waals surface area contributed by atoms with Crippen molar-refractivity contribution in [3.8, 4) is 11.5 Å². The molecular weight excluding hydrogens is 444 g/mol. The highest BCUT2D eigenvalue weighted by molar-refractivity contribution is 7.19. The van der Waals surface area contributed by atoms with Crippen molar-refractivity contribution in [2.45, 2.75) is 20.0 Å². The van der Waals surface area contributed by atoms with Gasteiger partial charge in [0.25, 0.3) is 11.8 Å². The van der Waals surface area contributed by atoms with E-state index < -0.39 is 18.0 Å². The van der Waals surface area contributed by atoms with Gasteiger partial charge in [-0.05, 0) is 43.7 Å². The summed E-state index contributed by atoms with van der Waals surface area (Å²) in [4.78, 5) is 38.8. The summed E-state index contributed by atoms with van der Waals surface area (Å²) in [6, 6.07) is 16.0. The smallest absolute Gasteiger partial charge is 0.341 e. The van der Waals surface area contributed by atoms with Crippen LogP contribution in [-0.2, 0) is 9.53 Å². The Labute approximate surface area is 194 Å². The summed E-state index contributed by atoms with van der Waals surface area (Å²) in [5.74, 6) is -0.487. The summed E-state index contributed by atoms with van der Waals surface area (Å²) in [6.45, 7) is 3.51. The van der Waals surface area contributed by atoms with Crippen LogP contribution in [0.15, 0.2) is 54.6 Å². The number of amides is 2. The highest BCUT2D eigenvalue weighted by Gasteiger charge is 2.31. The normalized spacial score (nSPS) is 14.3. The molecule has 2 N–H and O–H groups in total. The maximum absolute atomic E-state index is 12.9. The maximum Gasteiger partial charge on any atom is 0.341 e. The van der Waals surface area contributed by atoms with Crippen LogP contribution < -0.4 is 20.1 Å². The molecule has 0 fully saturated rings. The lowest BCUT2D eigenvalue weighted by Gasteiger charge is -2.25. The molecule has 0 saturated carbocycles. The second kappa shape index (κ2) is 9.74. The Kier molecular flexibility index (Phi) is 6.60. The molecule has 33 heavy (non-hydrogen) atoms. The standard InChI is InChI=1S/C24H22N2O6S/c1-3-30-24(29)19-14(2)20(22(28)25-15-9-5-4-6-10-15)33-23(19)26-21(27)18-13-31-16-11-7-8-12-17(16)32-18/h4-12,18H,3,13H2,1-2H3,(H,25,28)(H,26,27)/t18-/m1/s1. The molecule has 4 rings (SSSR count). The van der Waals surface area contributed by atoms with E-state index >= 15 is 0 Å². The van der Waals surface area contributed by atoms with Crippen molar-refractivity contribution in [3.63, 3.8) is 0 Å². The highest BCUT2D eigenvalue weighted by Crippen LogP contribution is 2.35. The van der Waals surface area contributed by atoms with Gasteiger partial charge in [-0.15, -0.1) is 11.3 Å². The Bertz CT molecular complexity index is 1190. The minimum absolute atomic E-state index is 0.0172. The number of para-hydroxylation sites is 3. The number of thiophene rings is 1. The Morgan fingerprint density at radius 1 is 1.03 bits per heavy atom. The van der Waals surface area contributed by atoms with E-state index in [0.29, 0.717) is 27.6 Å². The lowest BCUT2D eigenvalue weighted by Crippen LogP contribution is -2.40. The number of ether oxygens (including phenoxy) is 3. The molecule has 0 saturated heterocycles. The largest absolute Gasteiger partial charge is 0.485 e. The van der Waals surface area contributed by atoms with Gasteiger partial charge >= 0.3 is 5.97 Å². The predicted octanol–water partition coefficient (Wildman–Crippen LogP) is 4.26. The molecule has 1 aromatic heterocycles. The molecule has 170 valence electrons. The molecule has 3 aromatic rings. The quantitative estimate of drug-likeness (QED) is 0.526. The number of rotatable bonds is 6. The molecule has 1 aliphatic heterocycles. The second-order valence-electron chi connectivity index (χ2n) is 7.15. The van der Waals surface area contributed by atoms with Gasteiger partial charge < -0.3 is 24.8 Å². The van der Waals surface area contributed by atoms with E-state index in [-0.39, 0.29) is 29.7 Å². The summed E-state index contributed by atoms with van der Waals surface area (Å²) in [7, 11) is 0. The van der Waals surface area contributed by atoms with Crippen LogP contribution in [0.4, 0.5) is 10.7 Å². The zero-order valence-electron chi connectivity index (χ0n) is 18.0. The Morgan fingerprint density at radius 2 is 1.73 bits per heavy atom. The minimum atomic E-state index is -0.918. The van der Waals surface area contributed by atoms with Crippen molar-refractivity contribution >= 4 is 39.8 Å². The van der Waals surface area contributed by atoms with Crippen molar-refractivity contribution < 1.29 is 28.6 Å². The van der Waals surface area contributed by atoms with Crippen LogP contribution in [0.2, 0.25) is 0 Å². The fourth-order valence-electron chi connectivity index (χ4n) is 3.32. The molecule has 9 heteroatoms. The van der Waals surface area contributed by atoms with Crippen molar-refractivity contribution in [2.75, 3.05) is 23.8 Å². The lowest BCUT2D eigenvalue weighted by atomic mass is 10.1. The Hall–Kier alpha value is -3.85. The average molecular weight is 467 g/mol. The van der Waals surface area contributed by atoms with Gasteiger partial charge in [0.15, 0.2) is 11.5 Å². The number of carbonyl (C=O) groups is 3. The topological polar surface area (TPSA) is 103 Å². The number of esters is 1. The third-order valence-electron chi connectivity index (χ3n) is 4.90. The minimum Gasteiger partial charge on any atom is -0.485 e. The van der Waals surface area contributed by atoms with Crippen LogP contribution in [0, 0.1) is 6.92 Å². The van der Waals surface area contributed by atoms with E-state index in [0.717, 1.165) is 11.3 Å². The van der Waals surface area contributed by atoms with E-state index in [1.165, 1.54) is 0 Å². The number of hydrogen-bond acceptors (Lipinski definition) is 7. The molecule has 2 aromatic carbocycles. The van der Waals surface area contributed by atoms with E-state index in [4.69, 9.17) is 14.2 Å². The highest BCUT2D eigenvalue weighted by atomic mass is 32.1. The van der Waals surface area contributed by atoms with Crippen LogP contribution in [0.1, 0.15) is 32.5 Å². The van der Waals surface area contributed by atoms with Crippen LogP contribution in [-0.4, -0.2) is 37.1 Å². The fraction of sp³-hybridized carbons (Fsp3) is 0.208. The second-order valence-corrected chi connectivity index (χ2v) is 8.18. The molecule has 0 radical (unpaired) electrons. The van der Waals surface area contributed by atoms with Crippen LogP contribution in [0.5, 0.6) is 11.5 Å². The van der Waals surface area contributed by atoms with Crippen LogP contribution in [0.25, 0.3) is 0 Å². The summed E-state index contributed by atoms with van der Waals surface area (Å²) in [5, 5.41) is 5.74. The van der Waals surface area contributed by atoms with Crippen molar-refractivity contribution in [2.24, 2.45) is 0 Å². The van der Waals surface area contributed by atoms with Gasteiger partial charge in [0.05, 0.1) is 17.0 Å². The molecule has 0 spiro atoms. The maximum atomic E-state index is 12.9. The first kappa shape index (κ1) is 22.3. The third kappa shape index (κ3) is 4.83. The first-order valence-electron chi connectivity index (χ1n) is 10.3. The lowest BCUT2D eigenvalue weighted by molar-refractivity contribution is -0.125. The number of fused-ring (bicyclic) bond motifs is 1. The van der Waals surface area contributed by atoms with Crippen molar-refractivity contribution in [1.82, 2.24) is 0 Å². The number of anilines is 2. The van der Waals surface area contributed by atoms with E-state index in [1.807, 2.05) is 12.1 Å². The van der Waals surface area contributed by atoms with Crippen molar-refractivity contribution in [1.29, 1.82) is 0 Å². The van der Waals surface area contributed by atoms with E-state index in [9.17, 15) is 14.4 Å². The first-order valence-corrected chi connectivity index (χ1v) is 11.2.